The molecule has 0 atom stereocenters. The van der Waals surface area contributed by atoms with Crippen molar-refractivity contribution in [2.75, 3.05) is 0 Å². The molecule has 0 fully saturated rings. The molecule has 0 spiro atoms. The largest absolute Gasteiger partial charge is 0.508 e. The topological polar surface area (TPSA) is 90.4 Å². The van der Waals surface area contributed by atoms with E-state index in [1.165, 1.54) is 28.9 Å². The SMILES string of the molecule is O=c1cc(-n2cc(COc3ccccc3)nn2)c2cc(O)ccc2o1. The highest BCUT2D eigenvalue weighted by Gasteiger charge is 2.11. The first-order chi connectivity index (χ1) is 12.2. The van der Waals surface area contributed by atoms with Crippen molar-refractivity contribution in [3.8, 4) is 17.2 Å². The number of aromatic hydroxyl groups is 1. The summed E-state index contributed by atoms with van der Waals surface area (Å²) in [5.41, 5.74) is 0.926. The highest BCUT2D eigenvalue weighted by atomic mass is 16.5. The van der Waals surface area contributed by atoms with Crippen molar-refractivity contribution in [1.82, 2.24) is 15.0 Å². The second kappa shape index (κ2) is 6.12. The van der Waals surface area contributed by atoms with Crippen molar-refractivity contribution in [2.24, 2.45) is 0 Å². The normalized spacial score (nSPS) is 10.9. The van der Waals surface area contributed by atoms with Gasteiger partial charge in [0.05, 0.1) is 18.0 Å². The predicted molar refractivity (Wildman–Crippen MR) is 89.8 cm³/mol. The minimum absolute atomic E-state index is 0.0651. The zero-order chi connectivity index (χ0) is 17.2. The maximum atomic E-state index is 11.8. The fraction of sp³-hybridized carbons (Fsp3) is 0.0556. The van der Waals surface area contributed by atoms with Crippen LogP contribution in [0.5, 0.6) is 11.5 Å². The van der Waals surface area contributed by atoms with Gasteiger partial charge in [0.25, 0.3) is 0 Å². The highest BCUT2D eigenvalue weighted by Crippen LogP contribution is 2.24. The number of benzene rings is 2. The number of fused-ring (bicyclic) bond motifs is 1. The third-order valence-corrected chi connectivity index (χ3v) is 3.62. The summed E-state index contributed by atoms with van der Waals surface area (Å²) < 4.78 is 12.2. The standard InChI is InChI=1S/C18H13N3O4/c22-13-6-7-17-15(8-13)16(9-18(23)25-17)21-10-12(19-20-21)11-24-14-4-2-1-3-5-14/h1-10,22H,11H2. The van der Waals surface area contributed by atoms with Gasteiger partial charge in [-0.1, -0.05) is 23.4 Å². The lowest BCUT2D eigenvalue weighted by atomic mass is 10.2. The van der Waals surface area contributed by atoms with Crippen molar-refractivity contribution in [2.45, 2.75) is 6.61 Å². The summed E-state index contributed by atoms with van der Waals surface area (Å²) in [6.07, 6.45) is 1.67. The molecule has 25 heavy (non-hydrogen) atoms. The Morgan fingerprint density at radius 1 is 1.12 bits per heavy atom. The number of hydrogen-bond donors (Lipinski definition) is 1. The van der Waals surface area contributed by atoms with Crippen LogP contribution >= 0.6 is 0 Å². The van der Waals surface area contributed by atoms with Crippen LogP contribution in [0.2, 0.25) is 0 Å². The van der Waals surface area contributed by atoms with Crippen LogP contribution in [-0.2, 0) is 6.61 Å². The van der Waals surface area contributed by atoms with Crippen LogP contribution in [0.25, 0.3) is 16.7 Å². The summed E-state index contributed by atoms with van der Waals surface area (Å²) in [6, 6.07) is 15.2. The van der Waals surface area contributed by atoms with Gasteiger partial charge >= 0.3 is 5.63 Å². The van der Waals surface area contributed by atoms with Gasteiger partial charge in [0.1, 0.15) is 29.4 Å². The molecule has 7 heteroatoms. The molecule has 0 aliphatic carbocycles. The molecule has 2 aromatic carbocycles. The Bertz CT molecular complexity index is 1090. The molecule has 0 amide bonds. The first kappa shape index (κ1) is 14.9. The Morgan fingerprint density at radius 3 is 2.80 bits per heavy atom. The zero-order valence-corrected chi connectivity index (χ0v) is 13.0. The van der Waals surface area contributed by atoms with Crippen LogP contribution in [0.4, 0.5) is 0 Å². The fourth-order valence-corrected chi connectivity index (χ4v) is 2.48. The van der Waals surface area contributed by atoms with Gasteiger partial charge in [0, 0.05) is 5.39 Å². The molecule has 0 unspecified atom stereocenters. The molecule has 124 valence electrons. The molecule has 2 heterocycles. The van der Waals surface area contributed by atoms with Crippen molar-refractivity contribution >= 4 is 11.0 Å². The van der Waals surface area contributed by atoms with Crippen LogP contribution in [0.3, 0.4) is 0 Å². The van der Waals surface area contributed by atoms with E-state index in [-0.39, 0.29) is 12.4 Å². The molecule has 0 bridgehead atoms. The Kier molecular flexibility index (Phi) is 3.66. The summed E-state index contributed by atoms with van der Waals surface area (Å²) in [5.74, 6) is 0.795. The number of phenols is 1. The summed E-state index contributed by atoms with van der Waals surface area (Å²) >= 11 is 0. The average Bonchev–Trinajstić information content (AvgIpc) is 3.09. The maximum Gasteiger partial charge on any atom is 0.338 e. The first-order valence-corrected chi connectivity index (χ1v) is 7.55. The van der Waals surface area contributed by atoms with Gasteiger partial charge in [-0.25, -0.2) is 9.48 Å². The van der Waals surface area contributed by atoms with E-state index in [2.05, 4.69) is 10.3 Å². The Hall–Kier alpha value is -3.61. The first-order valence-electron chi connectivity index (χ1n) is 7.55. The van der Waals surface area contributed by atoms with Crippen LogP contribution in [0.1, 0.15) is 5.69 Å². The van der Waals surface area contributed by atoms with E-state index in [0.717, 1.165) is 5.75 Å². The quantitative estimate of drug-likeness (QED) is 0.577. The number of aromatic nitrogens is 3. The maximum absolute atomic E-state index is 11.8. The molecular weight excluding hydrogens is 322 g/mol. The smallest absolute Gasteiger partial charge is 0.338 e. The zero-order valence-electron chi connectivity index (χ0n) is 13.0. The molecule has 2 aromatic heterocycles. The second-order valence-electron chi connectivity index (χ2n) is 5.39. The number of nitrogens with zero attached hydrogens (tertiary/aromatic N) is 3. The van der Waals surface area contributed by atoms with Gasteiger partial charge in [-0.15, -0.1) is 5.10 Å². The molecule has 4 aromatic rings. The Balaban J connectivity index is 1.67. The molecule has 0 radical (unpaired) electrons. The fourth-order valence-electron chi connectivity index (χ4n) is 2.48. The van der Waals surface area contributed by atoms with Crippen molar-refractivity contribution in [1.29, 1.82) is 0 Å². The van der Waals surface area contributed by atoms with E-state index in [0.29, 0.717) is 22.4 Å². The van der Waals surface area contributed by atoms with E-state index in [1.54, 1.807) is 6.20 Å². The molecule has 0 aliphatic heterocycles. The van der Waals surface area contributed by atoms with Gasteiger partial charge in [0.2, 0.25) is 0 Å². The van der Waals surface area contributed by atoms with Crippen LogP contribution in [-0.4, -0.2) is 20.1 Å². The lowest BCUT2D eigenvalue weighted by Crippen LogP contribution is -2.04. The average molecular weight is 335 g/mol. The number of hydrogen-bond acceptors (Lipinski definition) is 6. The summed E-state index contributed by atoms with van der Waals surface area (Å²) in [7, 11) is 0. The van der Waals surface area contributed by atoms with Gasteiger partial charge in [0.15, 0.2) is 0 Å². The molecule has 0 aliphatic rings. The van der Waals surface area contributed by atoms with E-state index in [1.807, 2.05) is 30.3 Å². The third-order valence-electron chi connectivity index (χ3n) is 3.62. The molecule has 4 rings (SSSR count). The minimum atomic E-state index is -0.509. The third kappa shape index (κ3) is 3.07. The number of phenolic OH excluding ortho intramolecular Hbond substituents is 1. The molecular formula is C18H13N3O4. The molecule has 1 N–H and O–H groups in total. The number of ether oxygens (including phenoxy) is 1. The van der Waals surface area contributed by atoms with E-state index >= 15 is 0 Å². The van der Waals surface area contributed by atoms with Crippen molar-refractivity contribution in [3.63, 3.8) is 0 Å². The number of para-hydroxylation sites is 1. The van der Waals surface area contributed by atoms with E-state index in [9.17, 15) is 9.90 Å². The predicted octanol–water partition coefficient (Wildman–Crippen LogP) is 2.66. The minimum Gasteiger partial charge on any atom is -0.508 e. The van der Waals surface area contributed by atoms with E-state index < -0.39 is 5.63 Å². The van der Waals surface area contributed by atoms with Crippen LogP contribution in [0.15, 0.2) is 70.0 Å². The van der Waals surface area contributed by atoms with E-state index in [4.69, 9.17) is 9.15 Å². The van der Waals surface area contributed by atoms with Crippen molar-refractivity contribution < 1.29 is 14.3 Å². The van der Waals surface area contributed by atoms with Crippen LogP contribution in [0, 0.1) is 0 Å². The Morgan fingerprint density at radius 2 is 1.96 bits per heavy atom. The summed E-state index contributed by atoms with van der Waals surface area (Å²) in [4.78, 5) is 11.8. The molecule has 7 nitrogen and oxygen atoms in total. The van der Waals surface area contributed by atoms with Gasteiger partial charge < -0.3 is 14.3 Å². The molecule has 0 saturated heterocycles. The highest BCUT2D eigenvalue weighted by molar-refractivity contribution is 5.86. The Labute approximate surface area is 141 Å². The monoisotopic (exact) mass is 335 g/mol. The van der Waals surface area contributed by atoms with Gasteiger partial charge in [-0.3, -0.25) is 0 Å². The van der Waals surface area contributed by atoms with Gasteiger partial charge in [-0.05, 0) is 30.3 Å². The molecule has 0 saturated carbocycles. The van der Waals surface area contributed by atoms with Crippen LogP contribution < -0.4 is 10.4 Å². The summed E-state index contributed by atoms with van der Waals surface area (Å²) in [6.45, 7) is 0.245. The summed E-state index contributed by atoms with van der Waals surface area (Å²) in [5, 5.41) is 18.4. The van der Waals surface area contributed by atoms with Crippen molar-refractivity contribution in [3.05, 3.63) is 76.9 Å². The second-order valence-corrected chi connectivity index (χ2v) is 5.39. The lowest BCUT2D eigenvalue weighted by molar-refractivity contribution is 0.301. The number of rotatable bonds is 4. The van der Waals surface area contributed by atoms with Gasteiger partial charge in [-0.2, -0.15) is 0 Å². The lowest BCUT2D eigenvalue weighted by Gasteiger charge is -2.05.